The molecule has 0 bridgehead atoms. The molecule has 2 aromatic rings. The lowest BCUT2D eigenvalue weighted by atomic mass is 10.0. The Bertz CT molecular complexity index is 859. The van der Waals surface area contributed by atoms with Gasteiger partial charge in [0.2, 0.25) is 5.91 Å². The molecule has 1 heterocycles. The van der Waals surface area contributed by atoms with E-state index in [-0.39, 0.29) is 11.8 Å². The van der Waals surface area contributed by atoms with Crippen LogP contribution in [0.25, 0.3) is 0 Å². The summed E-state index contributed by atoms with van der Waals surface area (Å²) in [4.78, 5) is 27.0. The highest BCUT2D eigenvalue weighted by Crippen LogP contribution is 2.29. The van der Waals surface area contributed by atoms with Crippen LogP contribution >= 0.6 is 11.6 Å². The van der Waals surface area contributed by atoms with E-state index in [9.17, 15) is 9.59 Å². The minimum atomic E-state index is -0.908. The molecule has 0 aliphatic carbocycles. The van der Waals surface area contributed by atoms with Crippen molar-refractivity contribution in [1.82, 2.24) is 5.32 Å². The van der Waals surface area contributed by atoms with Gasteiger partial charge >= 0.3 is 5.91 Å². The molecule has 1 atom stereocenters. The molecule has 1 saturated heterocycles. The second-order valence-corrected chi connectivity index (χ2v) is 6.70. The first kappa shape index (κ1) is 19.0. The van der Waals surface area contributed by atoms with E-state index in [1.165, 1.54) is 4.90 Å². The first-order chi connectivity index (χ1) is 13.1. The molecule has 2 amide bonds. The maximum absolute atomic E-state index is 13.1. The lowest BCUT2D eigenvalue weighted by Crippen LogP contribution is -2.46. The SMILES string of the molecule is C#CC(=O)N(c1cccc(Cl)c1)C(C(=O)NCC1COC1)c1ccccc1. The zero-order valence-corrected chi connectivity index (χ0v) is 15.4. The number of rotatable bonds is 6. The Morgan fingerprint density at radius 1 is 1.22 bits per heavy atom. The standard InChI is InChI=1S/C21H19ClN2O3/c1-2-19(25)24(18-10-6-9-17(22)11-18)20(16-7-4-3-5-8-16)21(26)23-12-15-13-27-14-15/h1,3-11,15,20H,12-14H2,(H,23,26). The minimum absolute atomic E-state index is 0.285. The van der Waals surface area contributed by atoms with Crippen molar-refractivity contribution in [3.63, 3.8) is 0 Å². The predicted molar refractivity (Wildman–Crippen MR) is 104 cm³/mol. The Labute approximate surface area is 163 Å². The summed E-state index contributed by atoms with van der Waals surface area (Å²) in [6.07, 6.45) is 5.39. The minimum Gasteiger partial charge on any atom is -0.381 e. The highest BCUT2D eigenvalue weighted by molar-refractivity contribution is 6.31. The van der Waals surface area contributed by atoms with Crippen molar-refractivity contribution in [2.75, 3.05) is 24.7 Å². The van der Waals surface area contributed by atoms with Gasteiger partial charge in [0.05, 0.1) is 13.2 Å². The molecule has 27 heavy (non-hydrogen) atoms. The van der Waals surface area contributed by atoms with Crippen LogP contribution in [0.5, 0.6) is 0 Å². The van der Waals surface area contributed by atoms with Crippen molar-refractivity contribution in [1.29, 1.82) is 0 Å². The summed E-state index contributed by atoms with van der Waals surface area (Å²) in [5.74, 6) is 1.48. The lowest BCUT2D eigenvalue weighted by molar-refractivity contribution is -0.126. The molecule has 1 fully saturated rings. The molecule has 0 saturated carbocycles. The number of nitrogens with zero attached hydrogens (tertiary/aromatic N) is 1. The van der Waals surface area contributed by atoms with Gasteiger partial charge in [0.15, 0.2) is 0 Å². The van der Waals surface area contributed by atoms with E-state index >= 15 is 0 Å². The third-order valence-corrected chi connectivity index (χ3v) is 4.56. The molecule has 1 unspecified atom stereocenters. The Kier molecular flexibility index (Phi) is 6.12. The van der Waals surface area contributed by atoms with Crippen molar-refractivity contribution in [3.8, 4) is 12.3 Å². The smallest absolute Gasteiger partial charge is 0.303 e. The maximum atomic E-state index is 13.1. The number of amides is 2. The summed E-state index contributed by atoms with van der Waals surface area (Å²) in [7, 11) is 0. The van der Waals surface area contributed by atoms with E-state index in [0.717, 1.165) is 0 Å². The van der Waals surface area contributed by atoms with Gasteiger partial charge in [-0.15, -0.1) is 6.42 Å². The van der Waals surface area contributed by atoms with Crippen molar-refractivity contribution >= 4 is 29.1 Å². The van der Waals surface area contributed by atoms with Crippen molar-refractivity contribution < 1.29 is 14.3 Å². The Balaban J connectivity index is 1.98. The van der Waals surface area contributed by atoms with Gasteiger partial charge in [-0.3, -0.25) is 14.5 Å². The largest absolute Gasteiger partial charge is 0.381 e. The van der Waals surface area contributed by atoms with E-state index < -0.39 is 11.9 Å². The predicted octanol–water partition coefficient (Wildman–Crippen LogP) is 2.81. The molecule has 138 valence electrons. The molecule has 1 N–H and O–H groups in total. The van der Waals surface area contributed by atoms with Gasteiger partial charge in [-0.1, -0.05) is 48.0 Å². The van der Waals surface area contributed by atoms with Crippen LogP contribution < -0.4 is 10.2 Å². The highest BCUT2D eigenvalue weighted by atomic mass is 35.5. The van der Waals surface area contributed by atoms with Gasteiger partial charge in [0.25, 0.3) is 0 Å². The third kappa shape index (κ3) is 4.48. The molecular formula is C21H19ClN2O3. The van der Waals surface area contributed by atoms with E-state index in [0.29, 0.717) is 36.0 Å². The summed E-state index contributed by atoms with van der Waals surface area (Å²) in [5.41, 5.74) is 1.12. The summed E-state index contributed by atoms with van der Waals surface area (Å²) >= 11 is 6.09. The molecule has 1 aliphatic rings. The molecule has 0 radical (unpaired) electrons. The topological polar surface area (TPSA) is 58.6 Å². The van der Waals surface area contributed by atoms with Crippen molar-refractivity contribution in [2.45, 2.75) is 6.04 Å². The quantitative estimate of drug-likeness (QED) is 0.781. The van der Waals surface area contributed by atoms with Crippen LogP contribution in [0.2, 0.25) is 5.02 Å². The maximum Gasteiger partial charge on any atom is 0.303 e. The van der Waals surface area contributed by atoms with Gasteiger partial charge in [-0.25, -0.2) is 0 Å². The number of halogens is 1. The molecule has 0 spiro atoms. The fourth-order valence-electron chi connectivity index (χ4n) is 2.88. The molecule has 2 aromatic carbocycles. The molecular weight excluding hydrogens is 364 g/mol. The summed E-state index contributed by atoms with van der Waals surface area (Å²) in [6.45, 7) is 1.73. The summed E-state index contributed by atoms with van der Waals surface area (Å²) in [5, 5.41) is 3.36. The van der Waals surface area contributed by atoms with Crippen molar-refractivity contribution in [2.24, 2.45) is 5.92 Å². The number of anilines is 1. The number of terminal acetylenes is 1. The zero-order chi connectivity index (χ0) is 19.2. The van der Waals surface area contributed by atoms with Crippen LogP contribution in [0.4, 0.5) is 5.69 Å². The molecule has 3 rings (SSSR count). The van der Waals surface area contributed by atoms with Crippen LogP contribution in [0.15, 0.2) is 54.6 Å². The zero-order valence-electron chi connectivity index (χ0n) is 14.6. The molecule has 5 nitrogen and oxygen atoms in total. The lowest BCUT2D eigenvalue weighted by Gasteiger charge is -2.31. The van der Waals surface area contributed by atoms with E-state index in [1.54, 1.807) is 36.4 Å². The average Bonchev–Trinajstić information content (AvgIpc) is 2.64. The van der Waals surface area contributed by atoms with Gasteiger partial charge < -0.3 is 10.1 Å². The summed E-state index contributed by atoms with van der Waals surface area (Å²) < 4.78 is 5.14. The Morgan fingerprint density at radius 3 is 2.56 bits per heavy atom. The number of hydrogen-bond donors (Lipinski definition) is 1. The molecule has 0 aromatic heterocycles. The Morgan fingerprint density at radius 2 is 1.96 bits per heavy atom. The number of carbonyl (C=O) groups is 2. The van der Waals surface area contributed by atoms with Gasteiger partial charge in [-0.2, -0.15) is 0 Å². The van der Waals surface area contributed by atoms with Crippen LogP contribution in [0, 0.1) is 18.3 Å². The van der Waals surface area contributed by atoms with Crippen LogP contribution in [-0.2, 0) is 14.3 Å². The number of carbonyl (C=O) groups excluding carboxylic acids is 2. The second kappa shape index (κ2) is 8.72. The van der Waals surface area contributed by atoms with Gasteiger partial charge in [0.1, 0.15) is 6.04 Å². The number of ether oxygens (including phenoxy) is 1. The van der Waals surface area contributed by atoms with E-state index in [1.807, 2.05) is 18.2 Å². The first-order valence-corrected chi connectivity index (χ1v) is 8.93. The fourth-order valence-corrected chi connectivity index (χ4v) is 3.06. The molecule has 1 aliphatic heterocycles. The van der Waals surface area contributed by atoms with E-state index in [4.69, 9.17) is 22.8 Å². The number of hydrogen-bond acceptors (Lipinski definition) is 3. The monoisotopic (exact) mass is 382 g/mol. The third-order valence-electron chi connectivity index (χ3n) is 4.32. The second-order valence-electron chi connectivity index (χ2n) is 6.26. The average molecular weight is 383 g/mol. The number of nitrogens with one attached hydrogen (secondary N) is 1. The highest BCUT2D eigenvalue weighted by Gasteiger charge is 2.33. The summed E-state index contributed by atoms with van der Waals surface area (Å²) in [6, 6.07) is 14.8. The van der Waals surface area contributed by atoms with Gasteiger partial charge in [-0.05, 0) is 29.7 Å². The van der Waals surface area contributed by atoms with Crippen molar-refractivity contribution in [3.05, 3.63) is 65.2 Å². The van der Waals surface area contributed by atoms with Crippen LogP contribution in [-0.4, -0.2) is 31.6 Å². The van der Waals surface area contributed by atoms with Gasteiger partial charge in [0, 0.05) is 23.2 Å². The first-order valence-electron chi connectivity index (χ1n) is 8.56. The van der Waals surface area contributed by atoms with Crippen LogP contribution in [0.3, 0.4) is 0 Å². The normalized spacial score (nSPS) is 14.5. The Hall–Kier alpha value is -2.81. The fraction of sp³-hybridized carbons (Fsp3) is 0.238. The molecule has 6 heteroatoms. The number of benzene rings is 2. The van der Waals surface area contributed by atoms with E-state index in [2.05, 4.69) is 11.2 Å². The van der Waals surface area contributed by atoms with Crippen LogP contribution in [0.1, 0.15) is 11.6 Å².